The van der Waals surface area contributed by atoms with Crippen LogP contribution in [-0.4, -0.2) is 20.5 Å². The monoisotopic (exact) mass is 464 g/mol. The molecule has 164 valence electrons. The Morgan fingerprint density at radius 2 is 1.64 bits per heavy atom. The van der Waals surface area contributed by atoms with Gasteiger partial charge >= 0.3 is 6.18 Å². The van der Waals surface area contributed by atoms with Crippen molar-refractivity contribution in [2.24, 2.45) is 0 Å². The van der Waals surface area contributed by atoms with Crippen LogP contribution in [0.3, 0.4) is 0 Å². The fourth-order valence-corrected chi connectivity index (χ4v) is 4.10. The fourth-order valence-electron chi connectivity index (χ4n) is 3.41. The lowest BCUT2D eigenvalue weighted by molar-refractivity contribution is -0.142. The van der Waals surface area contributed by atoms with Crippen molar-refractivity contribution in [1.82, 2.24) is 14.6 Å². The van der Waals surface area contributed by atoms with Gasteiger partial charge < -0.3 is 5.32 Å². The minimum absolute atomic E-state index is 0.0576. The highest BCUT2D eigenvalue weighted by molar-refractivity contribution is 7.13. The van der Waals surface area contributed by atoms with E-state index >= 15 is 0 Å². The third-order valence-electron chi connectivity index (χ3n) is 4.97. The van der Waals surface area contributed by atoms with Crippen molar-refractivity contribution in [2.45, 2.75) is 6.18 Å². The summed E-state index contributed by atoms with van der Waals surface area (Å²) in [5.41, 5.74) is 1.46. The van der Waals surface area contributed by atoms with Gasteiger partial charge in [-0.25, -0.2) is 9.50 Å². The summed E-state index contributed by atoms with van der Waals surface area (Å²) in [5.74, 6) is -0.626. The normalized spacial score (nSPS) is 11.6. The van der Waals surface area contributed by atoms with Gasteiger partial charge in [0.15, 0.2) is 17.0 Å². The number of rotatable bonds is 4. The Bertz CT molecular complexity index is 1430. The van der Waals surface area contributed by atoms with Crippen molar-refractivity contribution < 1.29 is 18.0 Å². The van der Waals surface area contributed by atoms with Gasteiger partial charge in [0.05, 0.1) is 10.6 Å². The van der Waals surface area contributed by atoms with Crippen molar-refractivity contribution in [1.29, 1.82) is 0 Å². The molecule has 5 nitrogen and oxygen atoms in total. The molecular weight excluding hydrogens is 449 g/mol. The van der Waals surface area contributed by atoms with Crippen LogP contribution in [0.2, 0.25) is 0 Å². The average Bonchev–Trinajstić information content (AvgIpc) is 3.49. The first-order valence-electron chi connectivity index (χ1n) is 9.87. The van der Waals surface area contributed by atoms with Crippen LogP contribution >= 0.6 is 11.3 Å². The number of fused-ring (bicyclic) bond motifs is 1. The second-order valence-electron chi connectivity index (χ2n) is 7.20. The SMILES string of the molecule is O=C(Nc1ccc(-c2ccccc2)cc1)c1cc2nc(-c3cccs3)cc(C(F)(F)F)n2n1. The second kappa shape index (κ2) is 8.18. The van der Waals surface area contributed by atoms with Gasteiger partial charge in [0.1, 0.15) is 0 Å². The molecule has 0 aliphatic heterocycles. The molecule has 33 heavy (non-hydrogen) atoms. The first-order valence-corrected chi connectivity index (χ1v) is 10.8. The maximum Gasteiger partial charge on any atom is 0.433 e. The molecule has 0 radical (unpaired) electrons. The van der Waals surface area contributed by atoms with Gasteiger partial charge in [-0.2, -0.15) is 18.3 Å². The molecule has 0 spiro atoms. The molecule has 3 heterocycles. The number of halogens is 3. The molecule has 0 aliphatic carbocycles. The summed E-state index contributed by atoms with van der Waals surface area (Å²) >= 11 is 1.28. The number of aromatic nitrogens is 3. The van der Waals surface area contributed by atoms with Crippen LogP contribution < -0.4 is 5.32 Å². The largest absolute Gasteiger partial charge is 0.433 e. The summed E-state index contributed by atoms with van der Waals surface area (Å²) in [5, 5.41) is 8.32. The fraction of sp³-hybridized carbons (Fsp3) is 0.0417. The zero-order valence-electron chi connectivity index (χ0n) is 16.9. The van der Waals surface area contributed by atoms with E-state index in [1.165, 1.54) is 17.4 Å². The van der Waals surface area contributed by atoms with Gasteiger partial charge in [0.2, 0.25) is 0 Å². The Balaban J connectivity index is 1.45. The maximum absolute atomic E-state index is 13.7. The number of nitrogens with one attached hydrogen (secondary N) is 1. The number of carbonyl (C=O) groups excluding carboxylic acids is 1. The van der Waals surface area contributed by atoms with Gasteiger partial charge in [-0.15, -0.1) is 11.3 Å². The second-order valence-corrected chi connectivity index (χ2v) is 8.15. The Labute approximate surface area is 190 Å². The van der Waals surface area contributed by atoms with Crippen molar-refractivity contribution >= 4 is 28.6 Å². The number of anilines is 1. The molecule has 0 saturated carbocycles. The summed E-state index contributed by atoms with van der Waals surface area (Å²) in [4.78, 5) is 17.6. The van der Waals surface area contributed by atoms with Gasteiger partial charge in [-0.1, -0.05) is 48.5 Å². The van der Waals surface area contributed by atoms with Crippen LogP contribution in [0.4, 0.5) is 18.9 Å². The number of benzene rings is 2. The molecule has 5 rings (SSSR count). The summed E-state index contributed by atoms with van der Waals surface area (Å²) in [7, 11) is 0. The molecule has 2 aromatic carbocycles. The van der Waals surface area contributed by atoms with Crippen LogP contribution in [0.25, 0.3) is 27.3 Å². The molecular formula is C24H15F3N4OS. The van der Waals surface area contributed by atoms with Gasteiger partial charge in [-0.05, 0) is 40.8 Å². The molecule has 1 amide bonds. The van der Waals surface area contributed by atoms with Crippen molar-refractivity contribution in [3.63, 3.8) is 0 Å². The van der Waals surface area contributed by atoms with Crippen LogP contribution in [0.5, 0.6) is 0 Å². The van der Waals surface area contributed by atoms with Gasteiger partial charge in [0, 0.05) is 11.8 Å². The lowest BCUT2D eigenvalue weighted by Crippen LogP contribution is -2.15. The first kappa shape index (κ1) is 20.9. The highest BCUT2D eigenvalue weighted by atomic mass is 32.1. The van der Waals surface area contributed by atoms with E-state index in [4.69, 9.17) is 0 Å². The number of amides is 1. The lowest BCUT2D eigenvalue weighted by Gasteiger charge is -2.10. The molecule has 9 heteroatoms. The molecule has 0 saturated heterocycles. The van der Waals surface area contributed by atoms with Crippen molar-refractivity contribution in [3.8, 4) is 21.7 Å². The van der Waals surface area contributed by atoms with Gasteiger partial charge in [-0.3, -0.25) is 4.79 Å². The highest BCUT2D eigenvalue weighted by Crippen LogP contribution is 2.33. The molecule has 0 unspecified atom stereocenters. The number of hydrogen-bond donors (Lipinski definition) is 1. The molecule has 1 N–H and O–H groups in total. The number of nitrogens with zero attached hydrogens (tertiary/aromatic N) is 3. The van der Waals surface area contributed by atoms with E-state index in [0.29, 0.717) is 15.1 Å². The molecule has 0 aliphatic rings. The maximum atomic E-state index is 13.7. The van der Waals surface area contributed by atoms with Crippen molar-refractivity contribution in [2.75, 3.05) is 5.32 Å². The molecule has 0 bridgehead atoms. The van der Waals surface area contributed by atoms with E-state index in [9.17, 15) is 18.0 Å². The average molecular weight is 464 g/mol. The predicted molar refractivity (Wildman–Crippen MR) is 121 cm³/mol. The topological polar surface area (TPSA) is 59.3 Å². The summed E-state index contributed by atoms with van der Waals surface area (Å²) in [6.45, 7) is 0. The summed E-state index contributed by atoms with van der Waals surface area (Å²) < 4.78 is 41.7. The lowest BCUT2D eigenvalue weighted by atomic mass is 10.1. The van der Waals surface area contributed by atoms with E-state index in [-0.39, 0.29) is 17.0 Å². The Hall–Kier alpha value is -3.98. The predicted octanol–water partition coefficient (Wildman–Crippen LogP) is 6.40. The molecule has 0 fully saturated rings. The van der Waals surface area contributed by atoms with E-state index in [2.05, 4.69) is 15.4 Å². The third kappa shape index (κ3) is 4.22. The number of carbonyl (C=O) groups is 1. The minimum Gasteiger partial charge on any atom is -0.321 e. The molecule has 5 aromatic rings. The summed E-state index contributed by atoms with van der Waals surface area (Å²) in [6.07, 6.45) is -4.67. The van der Waals surface area contributed by atoms with E-state index in [0.717, 1.165) is 17.2 Å². The standard InChI is InChI=1S/C24H15F3N4OS/c25-24(26,27)21-13-18(20-7-4-12-33-20)29-22-14-19(30-31(21)22)23(32)28-17-10-8-16(9-11-17)15-5-2-1-3-6-15/h1-14H,(H,28,32). The Morgan fingerprint density at radius 3 is 2.30 bits per heavy atom. The highest BCUT2D eigenvalue weighted by Gasteiger charge is 2.35. The van der Waals surface area contributed by atoms with Crippen LogP contribution in [0.1, 0.15) is 16.2 Å². The smallest absolute Gasteiger partial charge is 0.321 e. The minimum atomic E-state index is -4.67. The van der Waals surface area contributed by atoms with E-state index in [1.54, 1.807) is 29.6 Å². The number of alkyl halides is 3. The van der Waals surface area contributed by atoms with E-state index in [1.807, 2.05) is 42.5 Å². The zero-order valence-corrected chi connectivity index (χ0v) is 17.7. The number of thiophene rings is 1. The third-order valence-corrected chi connectivity index (χ3v) is 5.87. The number of hydrogen-bond acceptors (Lipinski definition) is 4. The first-order chi connectivity index (χ1) is 15.9. The van der Waals surface area contributed by atoms with Crippen LogP contribution in [0.15, 0.2) is 84.2 Å². The van der Waals surface area contributed by atoms with Gasteiger partial charge in [0.25, 0.3) is 5.91 Å². The quantitative estimate of drug-likeness (QED) is 0.335. The molecule has 0 atom stereocenters. The Morgan fingerprint density at radius 1 is 0.909 bits per heavy atom. The zero-order chi connectivity index (χ0) is 23.0. The van der Waals surface area contributed by atoms with Crippen molar-refractivity contribution in [3.05, 3.63) is 95.6 Å². The molecule has 3 aromatic heterocycles. The summed E-state index contributed by atoms with van der Waals surface area (Å²) in [6, 6.07) is 22.5. The van der Waals surface area contributed by atoms with Crippen LogP contribution in [-0.2, 0) is 6.18 Å². The van der Waals surface area contributed by atoms with Crippen LogP contribution in [0, 0.1) is 0 Å². The van der Waals surface area contributed by atoms with E-state index < -0.39 is 17.8 Å². The Kier molecular flexibility index (Phi) is 5.18.